The van der Waals surface area contributed by atoms with Gasteiger partial charge in [0.1, 0.15) is 11.5 Å². The van der Waals surface area contributed by atoms with Crippen LogP contribution in [-0.2, 0) is 5.41 Å². The van der Waals surface area contributed by atoms with Crippen molar-refractivity contribution >= 4 is 38.9 Å². The number of para-hydroxylation sites is 4. The fourth-order valence-electron chi connectivity index (χ4n) is 10.6. The minimum atomic E-state index is -0.598. The van der Waals surface area contributed by atoms with Gasteiger partial charge in [-0.05, 0) is 105 Å². The van der Waals surface area contributed by atoms with E-state index in [0.717, 1.165) is 50.8 Å². The van der Waals surface area contributed by atoms with E-state index in [1.807, 2.05) is 0 Å². The Morgan fingerprint density at radius 1 is 0.328 bits per heavy atom. The molecule has 0 saturated heterocycles. The van der Waals surface area contributed by atoms with Crippen molar-refractivity contribution in [3.8, 4) is 50.6 Å². The molecule has 3 nitrogen and oxygen atoms in total. The van der Waals surface area contributed by atoms with Gasteiger partial charge < -0.3 is 14.2 Å². The average Bonchev–Trinajstić information content (AvgIpc) is 3.71. The van der Waals surface area contributed by atoms with Crippen molar-refractivity contribution in [3.05, 3.63) is 265 Å². The van der Waals surface area contributed by atoms with Crippen LogP contribution in [0.25, 0.3) is 60.9 Å². The first-order chi connectivity index (χ1) is 31.7. The molecule has 0 aliphatic carbocycles. The number of nitrogens with zero attached hydrogens (tertiary/aromatic N) is 2. The quantitative estimate of drug-likeness (QED) is 0.166. The van der Waals surface area contributed by atoms with E-state index in [1.54, 1.807) is 0 Å². The molecule has 0 bridgehead atoms. The first-order valence-electron chi connectivity index (χ1n) is 22.0. The Balaban J connectivity index is 0.930. The topological polar surface area (TPSA) is 17.4 Å². The summed E-state index contributed by atoms with van der Waals surface area (Å²) < 4.78 is 9.45. The van der Waals surface area contributed by atoms with Crippen LogP contribution in [-0.4, -0.2) is 4.57 Å². The average molecular weight is 817 g/mol. The Hall–Kier alpha value is -8.40. The van der Waals surface area contributed by atoms with Crippen LogP contribution < -0.4 is 9.64 Å². The molecule has 0 saturated carbocycles. The van der Waals surface area contributed by atoms with Gasteiger partial charge in [0, 0.05) is 39.0 Å². The largest absolute Gasteiger partial charge is 0.457 e. The van der Waals surface area contributed by atoms with E-state index in [9.17, 15) is 0 Å². The highest BCUT2D eigenvalue weighted by molar-refractivity contribution is 6.12. The second kappa shape index (κ2) is 14.3. The molecule has 2 aliphatic heterocycles. The third-order valence-electron chi connectivity index (χ3n) is 13.5. The molecule has 3 heterocycles. The number of ether oxygens (including phenoxy) is 1. The van der Waals surface area contributed by atoms with Crippen LogP contribution in [0.5, 0.6) is 11.5 Å². The van der Waals surface area contributed by atoms with Crippen molar-refractivity contribution in [2.45, 2.75) is 5.41 Å². The molecule has 1 spiro atoms. The lowest BCUT2D eigenvalue weighted by atomic mass is 9.61. The van der Waals surface area contributed by atoms with Crippen LogP contribution in [0.2, 0.25) is 0 Å². The zero-order valence-corrected chi connectivity index (χ0v) is 34.9. The van der Waals surface area contributed by atoms with Gasteiger partial charge in [-0.15, -0.1) is 0 Å². The van der Waals surface area contributed by atoms with Crippen LogP contribution in [0.15, 0.2) is 243 Å². The SMILES string of the molecule is c1ccc(-c2ccc(N(c3ccc(-c4ccccc4)cc3)c3ccc(-c4ccc5c(c4)Oc4ccccc4C54c5ccccc5-n5c6ccccc6c6cccc4c65)cc3)cc2)cc1. The van der Waals surface area contributed by atoms with E-state index in [0.29, 0.717) is 0 Å². The van der Waals surface area contributed by atoms with Crippen LogP contribution in [0, 0.1) is 0 Å². The molecule has 300 valence electrons. The molecule has 1 atom stereocenters. The van der Waals surface area contributed by atoms with Gasteiger partial charge in [0.15, 0.2) is 0 Å². The first kappa shape index (κ1) is 36.3. The second-order valence-electron chi connectivity index (χ2n) is 16.8. The third-order valence-corrected chi connectivity index (χ3v) is 13.5. The Bertz CT molecular complexity index is 3470. The van der Waals surface area contributed by atoms with E-state index in [4.69, 9.17) is 4.74 Å². The van der Waals surface area contributed by atoms with Gasteiger partial charge in [0.05, 0.1) is 22.1 Å². The van der Waals surface area contributed by atoms with Crippen molar-refractivity contribution in [2.75, 3.05) is 4.90 Å². The molecule has 2 aliphatic rings. The predicted molar refractivity (Wildman–Crippen MR) is 264 cm³/mol. The van der Waals surface area contributed by atoms with E-state index in [2.05, 4.69) is 252 Å². The summed E-state index contributed by atoms with van der Waals surface area (Å²) in [4.78, 5) is 2.34. The highest BCUT2D eigenvalue weighted by atomic mass is 16.5. The number of rotatable bonds is 6. The Labute approximate surface area is 372 Å². The van der Waals surface area contributed by atoms with E-state index in [1.165, 1.54) is 60.9 Å². The van der Waals surface area contributed by atoms with Crippen LogP contribution >= 0.6 is 0 Å². The zero-order chi connectivity index (χ0) is 42.2. The van der Waals surface area contributed by atoms with Gasteiger partial charge >= 0.3 is 0 Å². The molecular weight excluding hydrogens is 777 g/mol. The Morgan fingerprint density at radius 3 is 1.45 bits per heavy atom. The van der Waals surface area contributed by atoms with Crippen molar-refractivity contribution in [3.63, 3.8) is 0 Å². The maximum atomic E-state index is 6.97. The number of anilines is 3. The summed E-state index contributed by atoms with van der Waals surface area (Å²) in [5.41, 5.74) is 18.1. The smallest absolute Gasteiger partial charge is 0.132 e. The van der Waals surface area contributed by atoms with Crippen molar-refractivity contribution in [1.82, 2.24) is 4.57 Å². The molecule has 1 unspecified atom stereocenters. The molecule has 0 amide bonds. The summed E-state index contributed by atoms with van der Waals surface area (Å²) in [6.07, 6.45) is 0. The van der Waals surface area contributed by atoms with Gasteiger partial charge in [0.25, 0.3) is 0 Å². The Morgan fingerprint density at radius 2 is 0.797 bits per heavy atom. The fourth-order valence-corrected chi connectivity index (χ4v) is 10.6. The van der Waals surface area contributed by atoms with E-state index >= 15 is 0 Å². The summed E-state index contributed by atoms with van der Waals surface area (Å²) in [6.45, 7) is 0. The fraction of sp³-hybridized carbons (Fsp3) is 0.0164. The lowest BCUT2D eigenvalue weighted by molar-refractivity contribution is 0.434. The molecule has 0 N–H and O–H groups in total. The standard InChI is InChI=1S/C61H40N2O/c1-3-14-41(15-4-1)43-26-33-47(34-27-43)62(48-35-28-44(29-36-48)42-16-5-2-6-17-42)49-37-30-45(31-38-49)46-32-39-54-59(40-46)64-58-25-12-9-21-53(58)61(54)52-20-8-11-24-57(52)63-56-23-10-7-18-50(56)51-19-13-22-55(61)60(51)63/h1-40H. The normalized spacial score (nSPS) is 14.4. The second-order valence-corrected chi connectivity index (χ2v) is 16.8. The summed E-state index contributed by atoms with van der Waals surface area (Å²) in [7, 11) is 0. The molecule has 0 radical (unpaired) electrons. The summed E-state index contributed by atoms with van der Waals surface area (Å²) in [5, 5.41) is 2.52. The predicted octanol–water partition coefficient (Wildman–Crippen LogP) is 16.1. The Kier molecular flexibility index (Phi) is 8.13. The zero-order valence-electron chi connectivity index (χ0n) is 34.9. The lowest BCUT2D eigenvalue weighted by Crippen LogP contribution is -2.37. The number of benzene rings is 10. The number of fused-ring (bicyclic) bond motifs is 11. The van der Waals surface area contributed by atoms with E-state index < -0.39 is 5.41 Å². The monoisotopic (exact) mass is 816 g/mol. The third kappa shape index (κ3) is 5.41. The van der Waals surface area contributed by atoms with Crippen LogP contribution in [0.3, 0.4) is 0 Å². The number of aromatic nitrogens is 1. The molecule has 64 heavy (non-hydrogen) atoms. The lowest BCUT2D eigenvalue weighted by Gasteiger charge is -2.45. The summed E-state index contributed by atoms with van der Waals surface area (Å²) >= 11 is 0. The maximum absolute atomic E-state index is 6.97. The van der Waals surface area contributed by atoms with Crippen LogP contribution in [0.4, 0.5) is 17.1 Å². The van der Waals surface area contributed by atoms with E-state index in [-0.39, 0.29) is 0 Å². The van der Waals surface area contributed by atoms with Gasteiger partial charge in [-0.2, -0.15) is 0 Å². The summed E-state index contributed by atoms with van der Waals surface area (Å²) in [5.74, 6) is 1.75. The molecule has 10 aromatic carbocycles. The minimum absolute atomic E-state index is 0.598. The number of hydrogen-bond donors (Lipinski definition) is 0. The van der Waals surface area contributed by atoms with Crippen molar-refractivity contribution in [2.24, 2.45) is 0 Å². The highest BCUT2D eigenvalue weighted by Gasteiger charge is 2.50. The van der Waals surface area contributed by atoms with Crippen molar-refractivity contribution in [1.29, 1.82) is 0 Å². The minimum Gasteiger partial charge on any atom is -0.457 e. The molecule has 13 rings (SSSR count). The van der Waals surface area contributed by atoms with Gasteiger partial charge in [0.2, 0.25) is 0 Å². The summed E-state index contributed by atoms with van der Waals surface area (Å²) in [6, 6.07) is 87.9. The molecule has 3 heteroatoms. The number of hydrogen-bond acceptors (Lipinski definition) is 2. The van der Waals surface area contributed by atoms with Crippen LogP contribution in [0.1, 0.15) is 22.3 Å². The molecule has 11 aromatic rings. The van der Waals surface area contributed by atoms with Crippen molar-refractivity contribution < 1.29 is 4.74 Å². The van der Waals surface area contributed by atoms with Gasteiger partial charge in [-0.25, -0.2) is 0 Å². The van der Waals surface area contributed by atoms with Gasteiger partial charge in [-0.3, -0.25) is 0 Å². The molecule has 1 aromatic heterocycles. The highest BCUT2D eigenvalue weighted by Crippen LogP contribution is 2.60. The molecular formula is C61H40N2O. The maximum Gasteiger partial charge on any atom is 0.132 e. The first-order valence-corrected chi connectivity index (χ1v) is 22.0. The molecule has 0 fully saturated rings. The van der Waals surface area contributed by atoms with Gasteiger partial charge in [-0.1, -0.05) is 182 Å².